The molecule has 0 radical (unpaired) electrons. The quantitative estimate of drug-likeness (QED) is 0.492. The fraction of sp³-hybridized carbons (Fsp3) is 1.00. The van der Waals surface area contributed by atoms with E-state index >= 15 is 0 Å². The third-order valence-corrected chi connectivity index (χ3v) is 4.08. The zero-order valence-electron chi connectivity index (χ0n) is 12.8. The van der Waals surface area contributed by atoms with E-state index in [1.165, 1.54) is 0 Å². The first-order valence-corrected chi connectivity index (χ1v) is 9.41. The van der Waals surface area contributed by atoms with Crippen molar-refractivity contribution in [3.05, 3.63) is 0 Å². The summed E-state index contributed by atoms with van der Waals surface area (Å²) in [6, 6.07) is 0. The van der Waals surface area contributed by atoms with Gasteiger partial charge in [-0.1, -0.05) is 34.6 Å². The molecule has 0 aliphatic carbocycles. The van der Waals surface area contributed by atoms with Gasteiger partial charge in [0.05, 0.1) is 19.8 Å². The molecule has 116 valence electrons. The Kier molecular flexibility index (Phi) is 9.67. The van der Waals surface area contributed by atoms with Crippen LogP contribution in [-0.4, -0.2) is 31.3 Å². The summed E-state index contributed by atoms with van der Waals surface area (Å²) in [5, 5.41) is 0. The zero-order valence-corrected chi connectivity index (χ0v) is 14.6. The van der Waals surface area contributed by atoms with E-state index < -0.39 is 6.72 Å². The molecule has 1 unspecified atom stereocenters. The first kappa shape index (κ1) is 19.5. The van der Waals surface area contributed by atoms with E-state index in [4.69, 9.17) is 25.6 Å². The summed E-state index contributed by atoms with van der Waals surface area (Å²) in [5.41, 5.74) is 0.162. The summed E-state index contributed by atoms with van der Waals surface area (Å²) in [4.78, 5) is 9.78. The predicted molar refractivity (Wildman–Crippen MR) is 82.8 cm³/mol. The topological polar surface area (TPSA) is 47.9 Å². The molecule has 0 aromatic carbocycles. The second-order valence-electron chi connectivity index (χ2n) is 6.24. The number of rotatable bonds is 10. The van der Waals surface area contributed by atoms with Crippen LogP contribution in [0.1, 0.15) is 47.5 Å². The molecule has 0 rings (SSSR count). The van der Waals surface area contributed by atoms with Gasteiger partial charge in [0.25, 0.3) is 0 Å². The average molecular weight is 312 g/mol. The molecule has 1 atom stereocenters. The smallest absolute Gasteiger partial charge is 0.324 e. The Morgan fingerprint density at radius 1 is 1.05 bits per heavy atom. The van der Waals surface area contributed by atoms with Gasteiger partial charge >= 0.3 is 6.72 Å². The van der Waals surface area contributed by atoms with Crippen LogP contribution < -0.4 is 0 Å². The highest BCUT2D eigenvalue weighted by molar-refractivity contribution is 8.07. The third-order valence-electron chi connectivity index (χ3n) is 2.43. The van der Waals surface area contributed by atoms with Crippen LogP contribution in [0.25, 0.3) is 0 Å². The fourth-order valence-corrected chi connectivity index (χ4v) is 2.29. The van der Waals surface area contributed by atoms with E-state index in [0.29, 0.717) is 25.7 Å². The highest BCUT2D eigenvalue weighted by Gasteiger charge is 2.17. The minimum atomic E-state index is -3.09. The molecule has 0 aromatic rings. The maximum absolute atomic E-state index is 9.78. The monoisotopic (exact) mass is 312 g/mol. The van der Waals surface area contributed by atoms with E-state index in [9.17, 15) is 4.89 Å². The van der Waals surface area contributed by atoms with Crippen molar-refractivity contribution in [1.82, 2.24) is 0 Å². The minimum absolute atomic E-state index is 0.162. The van der Waals surface area contributed by atoms with E-state index in [2.05, 4.69) is 34.6 Å². The van der Waals surface area contributed by atoms with Crippen LogP contribution in [0.3, 0.4) is 0 Å². The molecule has 0 fully saturated rings. The zero-order chi connectivity index (χ0) is 14.9. The number of hydrogen-bond donors (Lipinski definition) is 1. The largest absolute Gasteiger partial charge is 0.379 e. The molecule has 0 aromatic heterocycles. The van der Waals surface area contributed by atoms with Crippen LogP contribution in [0.4, 0.5) is 0 Å². The standard InChI is InChI=1S/C13H29O4PS/c1-12(2)6-8-15-10-11-17-18(14,19)16-9-7-13(3,4)5/h12H,6-11H2,1-5H3,(H,14,19). The number of ether oxygens (including phenoxy) is 1. The predicted octanol–water partition coefficient (Wildman–Crippen LogP) is 3.74. The fourth-order valence-electron chi connectivity index (χ4n) is 1.14. The van der Waals surface area contributed by atoms with Crippen LogP contribution in [0.5, 0.6) is 0 Å². The third kappa shape index (κ3) is 14.7. The second kappa shape index (κ2) is 9.43. The summed E-state index contributed by atoms with van der Waals surface area (Å²) < 4.78 is 15.8. The molecule has 0 aliphatic heterocycles. The Morgan fingerprint density at radius 2 is 1.63 bits per heavy atom. The molecule has 0 spiro atoms. The van der Waals surface area contributed by atoms with E-state index in [0.717, 1.165) is 12.8 Å². The Labute approximate surface area is 123 Å². The lowest BCUT2D eigenvalue weighted by Gasteiger charge is -2.20. The molecule has 6 heteroatoms. The van der Waals surface area contributed by atoms with Gasteiger partial charge in [-0.15, -0.1) is 0 Å². The SMILES string of the molecule is CC(C)CCOCCOP(O)(=S)OCCC(C)(C)C. The molecule has 0 amide bonds. The van der Waals surface area contributed by atoms with Gasteiger partial charge in [-0.05, 0) is 36.0 Å². The van der Waals surface area contributed by atoms with Crippen molar-refractivity contribution in [1.29, 1.82) is 0 Å². The first-order valence-electron chi connectivity index (χ1n) is 6.82. The Balaban J connectivity index is 3.60. The van der Waals surface area contributed by atoms with Crippen molar-refractivity contribution < 1.29 is 18.7 Å². The van der Waals surface area contributed by atoms with Crippen LogP contribution in [0.2, 0.25) is 0 Å². The highest BCUT2D eigenvalue weighted by atomic mass is 32.5. The van der Waals surface area contributed by atoms with Gasteiger partial charge in [0.1, 0.15) is 0 Å². The maximum atomic E-state index is 9.78. The van der Waals surface area contributed by atoms with Gasteiger partial charge in [-0.2, -0.15) is 0 Å². The van der Waals surface area contributed by atoms with Crippen molar-refractivity contribution in [3.8, 4) is 0 Å². The molecule has 0 aliphatic rings. The van der Waals surface area contributed by atoms with Gasteiger partial charge in [0.2, 0.25) is 0 Å². The normalized spacial score (nSPS) is 15.7. The van der Waals surface area contributed by atoms with E-state index in [-0.39, 0.29) is 12.0 Å². The van der Waals surface area contributed by atoms with Crippen molar-refractivity contribution in [2.24, 2.45) is 11.3 Å². The van der Waals surface area contributed by atoms with Crippen LogP contribution in [-0.2, 0) is 25.6 Å². The van der Waals surface area contributed by atoms with Gasteiger partial charge in [-0.3, -0.25) is 0 Å². The summed E-state index contributed by atoms with van der Waals surface area (Å²) in [6.07, 6.45) is 1.86. The summed E-state index contributed by atoms with van der Waals surface area (Å²) in [5.74, 6) is 0.630. The van der Waals surface area contributed by atoms with Crippen molar-refractivity contribution in [3.63, 3.8) is 0 Å². The van der Waals surface area contributed by atoms with Gasteiger partial charge in [0, 0.05) is 6.61 Å². The Bertz CT molecular complexity index is 276. The Morgan fingerprint density at radius 3 is 2.16 bits per heavy atom. The molecule has 0 saturated carbocycles. The summed E-state index contributed by atoms with van der Waals surface area (Å²) in [7, 11) is 0. The summed E-state index contributed by atoms with van der Waals surface area (Å²) >= 11 is 4.92. The van der Waals surface area contributed by atoms with Gasteiger partial charge in [-0.25, -0.2) is 0 Å². The van der Waals surface area contributed by atoms with Gasteiger partial charge < -0.3 is 18.7 Å². The molecule has 1 N–H and O–H groups in total. The average Bonchev–Trinajstić information content (AvgIpc) is 2.20. The van der Waals surface area contributed by atoms with Crippen molar-refractivity contribution in [2.45, 2.75) is 47.5 Å². The Hall–Kier alpha value is 0.490. The molecule has 4 nitrogen and oxygen atoms in total. The summed E-state index contributed by atoms with van der Waals surface area (Å²) in [6.45, 7) is 9.39. The molecule has 0 bridgehead atoms. The van der Waals surface area contributed by atoms with Crippen molar-refractivity contribution in [2.75, 3.05) is 26.4 Å². The lowest BCUT2D eigenvalue weighted by Crippen LogP contribution is -2.10. The maximum Gasteiger partial charge on any atom is 0.324 e. The highest BCUT2D eigenvalue weighted by Crippen LogP contribution is 2.44. The van der Waals surface area contributed by atoms with Crippen LogP contribution >= 0.6 is 6.72 Å². The number of hydrogen-bond acceptors (Lipinski definition) is 4. The first-order chi connectivity index (χ1) is 8.62. The molecular weight excluding hydrogens is 283 g/mol. The van der Waals surface area contributed by atoms with Crippen molar-refractivity contribution >= 4 is 18.5 Å². The second-order valence-corrected chi connectivity index (χ2v) is 9.08. The van der Waals surface area contributed by atoms with Crippen LogP contribution in [0, 0.1) is 11.3 Å². The van der Waals surface area contributed by atoms with Gasteiger partial charge in [0.15, 0.2) is 0 Å². The molecule has 0 saturated heterocycles. The van der Waals surface area contributed by atoms with E-state index in [1.54, 1.807) is 0 Å². The van der Waals surface area contributed by atoms with Crippen LogP contribution in [0.15, 0.2) is 0 Å². The molecule has 0 heterocycles. The molecule has 19 heavy (non-hydrogen) atoms. The lowest BCUT2D eigenvalue weighted by atomic mass is 9.93. The minimum Gasteiger partial charge on any atom is -0.379 e. The van der Waals surface area contributed by atoms with E-state index in [1.807, 2.05) is 0 Å². The molecular formula is C13H29O4PS. The lowest BCUT2D eigenvalue weighted by molar-refractivity contribution is 0.0813.